The lowest BCUT2D eigenvalue weighted by Gasteiger charge is -2.45. The van der Waals surface area contributed by atoms with Gasteiger partial charge in [0.15, 0.2) is 0 Å². The van der Waals surface area contributed by atoms with Crippen LogP contribution in [0.3, 0.4) is 0 Å². The fourth-order valence-corrected chi connectivity index (χ4v) is 5.56. The number of carbonyl (C=O) groups excluding carboxylic acids is 1. The van der Waals surface area contributed by atoms with Gasteiger partial charge in [-0.25, -0.2) is 0 Å². The highest BCUT2D eigenvalue weighted by molar-refractivity contribution is 6.02. The number of hydrogen-bond donors (Lipinski definition) is 1. The Bertz CT molecular complexity index is 872. The van der Waals surface area contributed by atoms with Crippen molar-refractivity contribution >= 4 is 17.3 Å². The number of nitrogens with one attached hydrogen (secondary N) is 1. The van der Waals surface area contributed by atoms with Crippen LogP contribution in [-0.4, -0.2) is 56.2 Å². The minimum atomic E-state index is 0.0962. The summed E-state index contributed by atoms with van der Waals surface area (Å²) in [5.74, 6) is 0.653. The molecule has 1 saturated heterocycles. The number of anilines is 2. The molecule has 5 rings (SSSR count). The number of nitrogens with zero attached hydrogens (tertiary/aromatic N) is 3. The maximum Gasteiger partial charge on any atom is 0.254 e. The molecule has 164 valence electrons. The lowest BCUT2D eigenvalue weighted by molar-refractivity contribution is 0.0896. The van der Waals surface area contributed by atoms with Crippen molar-refractivity contribution in [2.75, 3.05) is 49.1 Å². The predicted molar refractivity (Wildman–Crippen MR) is 127 cm³/mol. The van der Waals surface area contributed by atoms with Crippen molar-refractivity contribution in [1.29, 1.82) is 0 Å². The van der Waals surface area contributed by atoms with Crippen molar-refractivity contribution in [3.63, 3.8) is 0 Å². The zero-order valence-corrected chi connectivity index (χ0v) is 18.4. The average molecular weight is 419 g/mol. The highest BCUT2D eigenvalue weighted by atomic mass is 16.2. The van der Waals surface area contributed by atoms with Crippen molar-refractivity contribution in [3.8, 4) is 0 Å². The average Bonchev–Trinajstić information content (AvgIpc) is 2.85. The molecule has 3 aliphatic rings. The van der Waals surface area contributed by atoms with Crippen LogP contribution in [-0.2, 0) is 0 Å². The van der Waals surface area contributed by atoms with Crippen LogP contribution in [0.4, 0.5) is 11.4 Å². The van der Waals surface area contributed by atoms with Crippen LogP contribution in [0, 0.1) is 5.92 Å². The predicted octanol–water partition coefficient (Wildman–Crippen LogP) is 3.97. The first kappa shape index (κ1) is 20.4. The molecule has 31 heavy (non-hydrogen) atoms. The summed E-state index contributed by atoms with van der Waals surface area (Å²) in [6, 6.07) is 18.9. The molecular weight excluding hydrogens is 384 g/mol. The molecular formula is C26H34N4O. The van der Waals surface area contributed by atoms with Crippen molar-refractivity contribution in [2.45, 2.75) is 38.3 Å². The van der Waals surface area contributed by atoms with Gasteiger partial charge in [0, 0.05) is 45.0 Å². The minimum Gasteiger partial charge on any atom is -0.369 e. The van der Waals surface area contributed by atoms with E-state index in [0.29, 0.717) is 5.92 Å². The zero-order chi connectivity index (χ0) is 21.0. The van der Waals surface area contributed by atoms with Gasteiger partial charge in [0.2, 0.25) is 0 Å². The number of benzene rings is 2. The van der Waals surface area contributed by atoms with E-state index in [-0.39, 0.29) is 12.1 Å². The van der Waals surface area contributed by atoms with Gasteiger partial charge in [0.05, 0.1) is 11.3 Å². The molecule has 2 aliphatic heterocycles. The Labute approximate surface area is 186 Å². The van der Waals surface area contributed by atoms with E-state index in [1.54, 1.807) is 0 Å². The molecule has 1 N–H and O–H groups in total. The number of rotatable bonds is 5. The number of fused-ring (bicyclic) bond motifs is 1. The van der Waals surface area contributed by atoms with Crippen LogP contribution in [0.1, 0.15) is 42.5 Å². The van der Waals surface area contributed by atoms with Crippen molar-refractivity contribution in [2.24, 2.45) is 5.92 Å². The van der Waals surface area contributed by atoms with E-state index >= 15 is 0 Å². The molecule has 1 unspecified atom stereocenters. The molecule has 2 aromatic rings. The normalized spacial score (nSPS) is 22.8. The van der Waals surface area contributed by atoms with Gasteiger partial charge in [-0.1, -0.05) is 49.6 Å². The van der Waals surface area contributed by atoms with E-state index < -0.39 is 0 Å². The minimum absolute atomic E-state index is 0.0962. The Hall–Kier alpha value is -2.53. The van der Waals surface area contributed by atoms with Gasteiger partial charge in [0.1, 0.15) is 6.17 Å². The van der Waals surface area contributed by atoms with Gasteiger partial charge < -0.3 is 15.1 Å². The van der Waals surface area contributed by atoms with E-state index in [9.17, 15) is 4.79 Å². The number of piperazine rings is 1. The van der Waals surface area contributed by atoms with Crippen molar-refractivity contribution < 1.29 is 4.79 Å². The first-order valence-electron chi connectivity index (χ1n) is 12.0. The van der Waals surface area contributed by atoms with Crippen molar-refractivity contribution in [3.05, 3.63) is 60.2 Å². The monoisotopic (exact) mass is 418 g/mol. The van der Waals surface area contributed by atoms with E-state index in [1.807, 2.05) is 12.1 Å². The van der Waals surface area contributed by atoms with Gasteiger partial charge in [-0.15, -0.1) is 0 Å². The molecule has 1 amide bonds. The summed E-state index contributed by atoms with van der Waals surface area (Å²) in [6.07, 6.45) is 6.48. The Kier molecular flexibility index (Phi) is 6.12. The van der Waals surface area contributed by atoms with Crippen LogP contribution < -0.4 is 15.1 Å². The van der Waals surface area contributed by atoms with Gasteiger partial charge >= 0.3 is 0 Å². The summed E-state index contributed by atoms with van der Waals surface area (Å²) in [5, 5.41) is 3.37. The highest BCUT2D eigenvalue weighted by Gasteiger charge is 2.36. The quantitative estimate of drug-likeness (QED) is 0.798. The first-order valence-corrected chi connectivity index (χ1v) is 12.0. The molecule has 0 aromatic heterocycles. The van der Waals surface area contributed by atoms with Gasteiger partial charge in [-0.3, -0.25) is 9.69 Å². The molecule has 5 nitrogen and oxygen atoms in total. The van der Waals surface area contributed by atoms with Crippen LogP contribution in [0.2, 0.25) is 0 Å². The summed E-state index contributed by atoms with van der Waals surface area (Å²) < 4.78 is 0. The second-order valence-corrected chi connectivity index (χ2v) is 9.19. The topological polar surface area (TPSA) is 38.8 Å². The lowest BCUT2D eigenvalue weighted by Crippen LogP contribution is -2.59. The molecule has 2 aromatic carbocycles. The molecule has 1 saturated carbocycles. The number of para-hydroxylation sites is 2. The number of carbonyl (C=O) groups is 1. The maximum atomic E-state index is 12.8. The molecule has 0 radical (unpaired) electrons. The van der Waals surface area contributed by atoms with E-state index in [1.165, 1.54) is 37.8 Å². The number of amides is 1. The van der Waals surface area contributed by atoms with E-state index in [2.05, 4.69) is 62.5 Å². The molecule has 2 heterocycles. The van der Waals surface area contributed by atoms with Gasteiger partial charge in [-0.2, -0.15) is 0 Å². The summed E-state index contributed by atoms with van der Waals surface area (Å²) in [4.78, 5) is 20.4. The number of hydrogen-bond acceptors (Lipinski definition) is 4. The second kappa shape index (κ2) is 9.31. The molecule has 1 atom stereocenters. The Morgan fingerprint density at radius 3 is 2.29 bits per heavy atom. The van der Waals surface area contributed by atoms with Crippen LogP contribution >= 0.6 is 0 Å². The fourth-order valence-electron chi connectivity index (χ4n) is 5.56. The molecule has 0 spiro atoms. The Balaban J connectivity index is 1.26. The largest absolute Gasteiger partial charge is 0.369 e. The zero-order valence-electron chi connectivity index (χ0n) is 18.4. The molecule has 2 fully saturated rings. The smallest absolute Gasteiger partial charge is 0.254 e. The summed E-state index contributed by atoms with van der Waals surface area (Å²) in [7, 11) is 0. The third-order valence-electron chi connectivity index (χ3n) is 7.32. The van der Waals surface area contributed by atoms with E-state index in [0.717, 1.165) is 50.5 Å². The lowest BCUT2D eigenvalue weighted by atomic mass is 9.85. The standard InChI is InChI=1S/C26H34N4O/c31-26-23-13-7-8-14-24(23)30(25(27-26)21-9-3-1-4-10-21)20-17-28-15-18-29(19-16-28)22-11-5-2-6-12-22/h2,5-8,11-14,21,25H,1,3-4,9-10,15-20H2,(H,27,31). The Morgan fingerprint density at radius 2 is 1.52 bits per heavy atom. The first-order chi connectivity index (χ1) is 15.3. The van der Waals surface area contributed by atoms with Gasteiger partial charge in [0.25, 0.3) is 5.91 Å². The molecule has 0 bridgehead atoms. The van der Waals surface area contributed by atoms with Crippen LogP contribution in [0.15, 0.2) is 54.6 Å². The molecule has 1 aliphatic carbocycles. The third-order valence-corrected chi connectivity index (χ3v) is 7.32. The Morgan fingerprint density at radius 1 is 0.806 bits per heavy atom. The molecule has 5 heteroatoms. The van der Waals surface area contributed by atoms with Gasteiger partial charge in [-0.05, 0) is 43.0 Å². The van der Waals surface area contributed by atoms with Crippen LogP contribution in [0.5, 0.6) is 0 Å². The van der Waals surface area contributed by atoms with E-state index in [4.69, 9.17) is 0 Å². The highest BCUT2D eigenvalue weighted by Crippen LogP contribution is 2.34. The summed E-state index contributed by atoms with van der Waals surface area (Å²) in [5.41, 5.74) is 3.26. The third kappa shape index (κ3) is 4.42. The second-order valence-electron chi connectivity index (χ2n) is 9.19. The summed E-state index contributed by atoms with van der Waals surface area (Å²) in [6.45, 7) is 6.32. The fraction of sp³-hybridized carbons (Fsp3) is 0.500. The maximum absolute atomic E-state index is 12.8. The van der Waals surface area contributed by atoms with Crippen LogP contribution in [0.25, 0.3) is 0 Å². The van der Waals surface area contributed by atoms with Crippen molar-refractivity contribution in [1.82, 2.24) is 10.2 Å². The SMILES string of the molecule is O=C1NC(C2CCCCC2)N(CCN2CCN(c3ccccc3)CC2)c2ccccc21. The summed E-state index contributed by atoms with van der Waals surface area (Å²) >= 11 is 0.